The Balaban J connectivity index is 2.22. The van der Waals surface area contributed by atoms with Gasteiger partial charge in [-0.15, -0.1) is 0 Å². The molecule has 0 saturated carbocycles. The lowest BCUT2D eigenvalue weighted by molar-refractivity contribution is 0.101. The summed E-state index contributed by atoms with van der Waals surface area (Å²) in [6.45, 7) is 0. The zero-order chi connectivity index (χ0) is 11.5. The SMILES string of the molecule is Cn1ncc(N)c1C(=O)Nc1cnccn1. The van der Waals surface area contributed by atoms with E-state index in [-0.39, 0.29) is 5.91 Å². The van der Waals surface area contributed by atoms with E-state index >= 15 is 0 Å². The van der Waals surface area contributed by atoms with Crippen LogP contribution < -0.4 is 11.1 Å². The number of rotatable bonds is 2. The van der Waals surface area contributed by atoms with Gasteiger partial charge in [-0.3, -0.25) is 14.5 Å². The number of amides is 1. The fraction of sp³-hybridized carbons (Fsp3) is 0.111. The molecule has 0 fully saturated rings. The molecular weight excluding hydrogens is 208 g/mol. The predicted octanol–water partition coefficient (Wildman–Crippen LogP) is 0.0446. The first kappa shape index (κ1) is 10.1. The van der Waals surface area contributed by atoms with Crippen molar-refractivity contribution in [3.8, 4) is 0 Å². The molecule has 2 rings (SSSR count). The van der Waals surface area contributed by atoms with Crippen LogP contribution in [0, 0.1) is 0 Å². The number of nitrogens with two attached hydrogens (primary N) is 1. The summed E-state index contributed by atoms with van der Waals surface area (Å²) in [5.74, 6) is 0.00565. The second kappa shape index (κ2) is 3.97. The van der Waals surface area contributed by atoms with Crippen molar-refractivity contribution in [2.75, 3.05) is 11.1 Å². The highest BCUT2D eigenvalue weighted by Crippen LogP contribution is 2.11. The number of nitrogens with zero attached hydrogens (tertiary/aromatic N) is 4. The van der Waals surface area contributed by atoms with E-state index < -0.39 is 0 Å². The number of carbonyl (C=O) groups excluding carboxylic acids is 1. The van der Waals surface area contributed by atoms with Crippen molar-refractivity contribution < 1.29 is 4.79 Å². The van der Waals surface area contributed by atoms with E-state index in [1.165, 1.54) is 29.5 Å². The maximum absolute atomic E-state index is 11.8. The molecule has 3 N–H and O–H groups in total. The highest BCUT2D eigenvalue weighted by molar-refractivity contribution is 6.05. The number of anilines is 2. The molecule has 0 atom stereocenters. The molecule has 1 amide bonds. The van der Waals surface area contributed by atoms with E-state index in [0.717, 1.165) is 0 Å². The van der Waals surface area contributed by atoms with Crippen molar-refractivity contribution in [2.45, 2.75) is 0 Å². The Morgan fingerprint density at radius 2 is 2.25 bits per heavy atom. The van der Waals surface area contributed by atoms with Crippen molar-refractivity contribution in [1.82, 2.24) is 19.7 Å². The molecule has 16 heavy (non-hydrogen) atoms. The van der Waals surface area contributed by atoms with Gasteiger partial charge >= 0.3 is 0 Å². The van der Waals surface area contributed by atoms with Gasteiger partial charge in [-0.2, -0.15) is 5.10 Å². The van der Waals surface area contributed by atoms with E-state index in [9.17, 15) is 4.79 Å². The third-order valence-electron chi connectivity index (χ3n) is 1.99. The second-order valence-corrected chi connectivity index (χ2v) is 3.12. The quantitative estimate of drug-likeness (QED) is 0.741. The largest absolute Gasteiger partial charge is 0.396 e. The first-order valence-corrected chi connectivity index (χ1v) is 4.53. The number of hydrogen-bond acceptors (Lipinski definition) is 5. The van der Waals surface area contributed by atoms with Crippen molar-refractivity contribution in [1.29, 1.82) is 0 Å². The molecule has 2 aromatic heterocycles. The molecule has 0 spiro atoms. The molecule has 0 aliphatic heterocycles. The number of nitrogens with one attached hydrogen (secondary N) is 1. The average Bonchev–Trinajstić information content (AvgIpc) is 2.60. The van der Waals surface area contributed by atoms with Gasteiger partial charge in [0.05, 0.1) is 18.1 Å². The molecule has 0 aromatic carbocycles. The van der Waals surface area contributed by atoms with E-state index in [1.54, 1.807) is 7.05 Å². The molecule has 0 radical (unpaired) electrons. The standard InChI is InChI=1S/C9H10N6O/c1-15-8(6(10)4-13-15)9(16)14-7-5-11-2-3-12-7/h2-5H,10H2,1H3,(H,12,14,16). The molecule has 0 saturated heterocycles. The van der Waals surface area contributed by atoms with Crippen molar-refractivity contribution in [3.63, 3.8) is 0 Å². The number of aryl methyl sites for hydroxylation is 1. The number of nitrogen functional groups attached to an aromatic ring is 1. The van der Waals surface area contributed by atoms with Gasteiger partial charge in [-0.25, -0.2) is 4.98 Å². The second-order valence-electron chi connectivity index (χ2n) is 3.12. The minimum atomic E-state index is -0.363. The predicted molar refractivity (Wildman–Crippen MR) is 57.6 cm³/mol. The fourth-order valence-electron chi connectivity index (χ4n) is 1.27. The van der Waals surface area contributed by atoms with Gasteiger partial charge in [-0.05, 0) is 0 Å². The normalized spacial score (nSPS) is 10.1. The van der Waals surface area contributed by atoms with Crippen molar-refractivity contribution >= 4 is 17.4 Å². The topological polar surface area (TPSA) is 98.7 Å². The highest BCUT2D eigenvalue weighted by atomic mass is 16.2. The van der Waals surface area contributed by atoms with Gasteiger partial charge in [0, 0.05) is 19.4 Å². The lowest BCUT2D eigenvalue weighted by Crippen LogP contribution is -2.18. The molecule has 0 aliphatic rings. The van der Waals surface area contributed by atoms with Crippen LogP contribution in [0.15, 0.2) is 24.8 Å². The molecule has 0 aliphatic carbocycles. The van der Waals surface area contributed by atoms with Crippen molar-refractivity contribution in [3.05, 3.63) is 30.5 Å². The lowest BCUT2D eigenvalue weighted by Gasteiger charge is -2.04. The van der Waals surface area contributed by atoms with Crippen LogP contribution in [0.1, 0.15) is 10.5 Å². The molecule has 0 unspecified atom stereocenters. The minimum absolute atomic E-state index is 0.297. The highest BCUT2D eigenvalue weighted by Gasteiger charge is 2.15. The van der Waals surface area contributed by atoms with Gasteiger partial charge in [0.2, 0.25) is 0 Å². The molecule has 7 nitrogen and oxygen atoms in total. The Labute approximate surface area is 91.3 Å². The molecule has 0 bridgehead atoms. The first-order valence-electron chi connectivity index (χ1n) is 4.53. The van der Waals surface area contributed by atoms with E-state index in [4.69, 9.17) is 5.73 Å². The summed E-state index contributed by atoms with van der Waals surface area (Å²) < 4.78 is 1.40. The fourth-order valence-corrected chi connectivity index (χ4v) is 1.27. The zero-order valence-corrected chi connectivity index (χ0v) is 8.58. The van der Waals surface area contributed by atoms with Gasteiger partial charge in [0.15, 0.2) is 5.82 Å². The van der Waals surface area contributed by atoms with Crippen molar-refractivity contribution in [2.24, 2.45) is 7.05 Å². The maximum atomic E-state index is 11.8. The van der Waals surface area contributed by atoms with Crippen LogP contribution in [0.2, 0.25) is 0 Å². The summed E-state index contributed by atoms with van der Waals surface area (Å²) in [7, 11) is 1.64. The van der Waals surface area contributed by atoms with Gasteiger partial charge in [-0.1, -0.05) is 0 Å². The average molecular weight is 218 g/mol. The van der Waals surface area contributed by atoms with Crippen LogP contribution in [0.25, 0.3) is 0 Å². The Hall–Kier alpha value is -2.44. The van der Waals surface area contributed by atoms with Crippen LogP contribution in [0.3, 0.4) is 0 Å². The summed E-state index contributed by atoms with van der Waals surface area (Å²) in [4.78, 5) is 19.6. The Kier molecular flexibility index (Phi) is 2.50. The summed E-state index contributed by atoms with van der Waals surface area (Å²) in [5.41, 5.74) is 6.24. The lowest BCUT2D eigenvalue weighted by atomic mass is 10.3. The van der Waals surface area contributed by atoms with E-state index in [2.05, 4.69) is 20.4 Å². The van der Waals surface area contributed by atoms with Crippen LogP contribution in [-0.4, -0.2) is 25.7 Å². The third-order valence-corrected chi connectivity index (χ3v) is 1.99. The number of aromatic nitrogens is 4. The van der Waals surface area contributed by atoms with Gasteiger partial charge in [0.25, 0.3) is 5.91 Å². The minimum Gasteiger partial charge on any atom is -0.396 e. The smallest absolute Gasteiger partial charge is 0.277 e. The molecule has 82 valence electrons. The van der Waals surface area contributed by atoms with Crippen LogP contribution >= 0.6 is 0 Å². The van der Waals surface area contributed by atoms with E-state index in [0.29, 0.717) is 17.2 Å². The van der Waals surface area contributed by atoms with Crippen LogP contribution in [0.5, 0.6) is 0 Å². The third kappa shape index (κ3) is 1.83. The zero-order valence-electron chi connectivity index (χ0n) is 8.58. The molecule has 2 heterocycles. The first-order chi connectivity index (χ1) is 7.68. The summed E-state index contributed by atoms with van der Waals surface area (Å²) >= 11 is 0. The number of carbonyl (C=O) groups is 1. The summed E-state index contributed by atoms with van der Waals surface area (Å²) in [5, 5.41) is 6.45. The summed E-state index contributed by atoms with van der Waals surface area (Å²) in [6.07, 6.45) is 5.88. The Morgan fingerprint density at radius 3 is 2.81 bits per heavy atom. The summed E-state index contributed by atoms with van der Waals surface area (Å²) in [6, 6.07) is 0. The van der Waals surface area contributed by atoms with Gasteiger partial charge < -0.3 is 11.1 Å². The van der Waals surface area contributed by atoms with E-state index in [1.807, 2.05) is 0 Å². The van der Waals surface area contributed by atoms with Gasteiger partial charge in [0.1, 0.15) is 5.69 Å². The van der Waals surface area contributed by atoms with Crippen LogP contribution in [-0.2, 0) is 7.05 Å². The molecule has 2 aromatic rings. The Morgan fingerprint density at radius 1 is 1.44 bits per heavy atom. The van der Waals surface area contributed by atoms with Crippen LogP contribution in [0.4, 0.5) is 11.5 Å². The number of hydrogen-bond donors (Lipinski definition) is 2. The monoisotopic (exact) mass is 218 g/mol. The Bertz CT molecular complexity index is 486. The maximum Gasteiger partial charge on any atom is 0.277 e. The molecular formula is C9H10N6O. The molecule has 7 heteroatoms.